The van der Waals surface area contributed by atoms with E-state index >= 15 is 0 Å². The van der Waals surface area contributed by atoms with E-state index in [1.165, 1.54) is 0 Å². The van der Waals surface area contributed by atoms with E-state index in [0.717, 1.165) is 22.2 Å². The van der Waals surface area contributed by atoms with Crippen molar-refractivity contribution in [1.82, 2.24) is 10.6 Å². The van der Waals surface area contributed by atoms with Crippen molar-refractivity contribution in [2.24, 2.45) is 0 Å². The van der Waals surface area contributed by atoms with Gasteiger partial charge in [-0.3, -0.25) is 0 Å². The van der Waals surface area contributed by atoms with Crippen molar-refractivity contribution in [3.63, 3.8) is 0 Å². The van der Waals surface area contributed by atoms with Crippen LogP contribution < -0.4 is 20.1 Å². The zero-order valence-corrected chi connectivity index (χ0v) is 17.7. The summed E-state index contributed by atoms with van der Waals surface area (Å²) in [6, 6.07) is 3.15. The normalized spacial score (nSPS) is 16.7. The monoisotopic (exact) mass is 442 g/mol. The van der Waals surface area contributed by atoms with Gasteiger partial charge in [0.15, 0.2) is 5.11 Å². The van der Waals surface area contributed by atoms with Gasteiger partial charge in [0.25, 0.3) is 0 Å². The number of rotatable bonds is 7. The van der Waals surface area contributed by atoms with Crippen LogP contribution in [0.3, 0.4) is 0 Å². The second-order valence-electron chi connectivity index (χ2n) is 5.62. The van der Waals surface area contributed by atoms with Crippen molar-refractivity contribution >= 4 is 39.2 Å². The lowest BCUT2D eigenvalue weighted by Crippen LogP contribution is -2.45. The van der Waals surface area contributed by atoms with Crippen molar-refractivity contribution in [2.45, 2.75) is 32.7 Å². The van der Waals surface area contributed by atoms with Gasteiger partial charge in [-0.1, -0.05) is 13.3 Å². The number of carbonyl (C=O) groups is 1. The number of nitrogens with one attached hydrogen (secondary N) is 2. The fraction of sp³-hybridized carbons (Fsp3) is 0.444. The fourth-order valence-electron chi connectivity index (χ4n) is 2.86. The number of esters is 1. The first kappa shape index (κ1) is 20.5. The largest absolute Gasteiger partial charge is 0.496 e. The standard InChI is InChI=1S/C18H23BrN2O4S/c1-5-7-12-15(17(22)25-6-2)16(21-18(26)20-12)10-8-11(19)14(24-4)9-13(10)23-3/h8-9,16H,5-7H2,1-4H3,(H2,20,21,26)/t16-/m0/s1. The molecule has 0 aliphatic carbocycles. The number of carbonyl (C=O) groups excluding carboxylic acids is 1. The van der Waals surface area contributed by atoms with Crippen molar-refractivity contribution in [3.05, 3.63) is 33.4 Å². The highest BCUT2D eigenvalue weighted by Crippen LogP contribution is 2.40. The minimum Gasteiger partial charge on any atom is -0.496 e. The SMILES string of the molecule is CCCC1=C(C(=O)OCC)[C@H](c2cc(Br)c(OC)cc2OC)NC(=S)N1. The first-order valence-electron chi connectivity index (χ1n) is 8.35. The summed E-state index contributed by atoms with van der Waals surface area (Å²) in [5, 5.41) is 6.73. The van der Waals surface area contributed by atoms with E-state index in [9.17, 15) is 4.79 Å². The highest BCUT2D eigenvalue weighted by Gasteiger charge is 2.34. The Bertz CT molecular complexity index is 736. The number of hydrogen-bond acceptors (Lipinski definition) is 5. The Morgan fingerprint density at radius 1 is 1.23 bits per heavy atom. The third kappa shape index (κ3) is 4.29. The quantitative estimate of drug-likeness (QED) is 0.493. The van der Waals surface area contributed by atoms with Gasteiger partial charge in [0.05, 0.1) is 36.9 Å². The third-order valence-electron chi connectivity index (χ3n) is 3.96. The predicted octanol–water partition coefficient (Wildman–Crippen LogP) is 3.60. The van der Waals surface area contributed by atoms with Crippen molar-refractivity contribution in [2.75, 3.05) is 20.8 Å². The van der Waals surface area contributed by atoms with Gasteiger partial charge in [0, 0.05) is 17.3 Å². The van der Waals surface area contributed by atoms with Gasteiger partial charge >= 0.3 is 5.97 Å². The smallest absolute Gasteiger partial charge is 0.338 e. The van der Waals surface area contributed by atoms with Crippen LogP contribution in [0.25, 0.3) is 0 Å². The number of methoxy groups -OCH3 is 2. The number of thiocarbonyl (C=S) groups is 1. The molecule has 26 heavy (non-hydrogen) atoms. The second kappa shape index (κ2) is 9.23. The van der Waals surface area contributed by atoms with Crippen molar-refractivity contribution in [3.8, 4) is 11.5 Å². The maximum absolute atomic E-state index is 12.7. The molecule has 0 amide bonds. The van der Waals surface area contributed by atoms with E-state index in [-0.39, 0.29) is 5.97 Å². The zero-order chi connectivity index (χ0) is 19.3. The van der Waals surface area contributed by atoms with Crippen LogP contribution in [-0.4, -0.2) is 31.9 Å². The van der Waals surface area contributed by atoms with Gasteiger partial charge in [-0.05, 0) is 47.6 Å². The van der Waals surface area contributed by atoms with Crippen LogP contribution >= 0.6 is 28.1 Å². The topological polar surface area (TPSA) is 68.8 Å². The molecule has 8 heteroatoms. The first-order chi connectivity index (χ1) is 12.5. The van der Waals surface area contributed by atoms with E-state index in [2.05, 4.69) is 26.6 Å². The zero-order valence-electron chi connectivity index (χ0n) is 15.3. The summed E-state index contributed by atoms with van der Waals surface area (Å²) in [7, 11) is 3.16. The molecule has 0 radical (unpaired) electrons. The Hall–Kier alpha value is -1.80. The predicted molar refractivity (Wildman–Crippen MR) is 107 cm³/mol. The Kier molecular flexibility index (Phi) is 7.28. The highest BCUT2D eigenvalue weighted by atomic mass is 79.9. The molecule has 2 rings (SSSR count). The summed E-state index contributed by atoms with van der Waals surface area (Å²) in [4.78, 5) is 12.7. The van der Waals surface area contributed by atoms with Gasteiger partial charge in [-0.25, -0.2) is 4.79 Å². The molecule has 2 N–H and O–H groups in total. The molecule has 0 unspecified atom stereocenters. The van der Waals surface area contributed by atoms with E-state index < -0.39 is 6.04 Å². The van der Waals surface area contributed by atoms with E-state index in [4.69, 9.17) is 26.4 Å². The van der Waals surface area contributed by atoms with E-state index in [0.29, 0.717) is 35.2 Å². The molecular formula is C18H23BrN2O4S. The Morgan fingerprint density at radius 3 is 2.50 bits per heavy atom. The lowest BCUT2D eigenvalue weighted by atomic mass is 9.93. The van der Waals surface area contributed by atoms with Gasteiger partial charge in [-0.15, -0.1) is 0 Å². The highest BCUT2D eigenvalue weighted by molar-refractivity contribution is 9.10. The van der Waals surface area contributed by atoms with Gasteiger partial charge in [-0.2, -0.15) is 0 Å². The molecule has 0 bridgehead atoms. The molecule has 142 valence electrons. The lowest BCUT2D eigenvalue weighted by Gasteiger charge is -2.32. The fourth-order valence-corrected chi connectivity index (χ4v) is 3.62. The van der Waals surface area contributed by atoms with Gasteiger partial charge < -0.3 is 24.8 Å². The van der Waals surface area contributed by atoms with Crippen molar-refractivity contribution in [1.29, 1.82) is 0 Å². The summed E-state index contributed by atoms with van der Waals surface area (Å²) in [5.41, 5.74) is 2.05. The molecule has 1 aromatic rings. The third-order valence-corrected chi connectivity index (χ3v) is 4.80. The first-order valence-corrected chi connectivity index (χ1v) is 9.55. The number of allylic oxidation sites excluding steroid dienone is 1. The minimum atomic E-state index is -0.485. The van der Waals surface area contributed by atoms with E-state index in [1.807, 2.05) is 13.0 Å². The molecule has 0 aromatic heterocycles. The van der Waals surface area contributed by atoms with Crippen molar-refractivity contribution < 1.29 is 19.0 Å². The molecular weight excluding hydrogens is 420 g/mol. The van der Waals surface area contributed by atoms with Crippen LogP contribution in [0.4, 0.5) is 0 Å². The average Bonchev–Trinajstić information content (AvgIpc) is 2.61. The molecule has 0 saturated carbocycles. The Balaban J connectivity index is 2.63. The summed E-state index contributed by atoms with van der Waals surface area (Å²) in [6.45, 7) is 4.12. The summed E-state index contributed by atoms with van der Waals surface area (Å²) in [5.74, 6) is 0.847. The minimum absolute atomic E-state index is 0.294. The maximum atomic E-state index is 12.7. The summed E-state index contributed by atoms with van der Waals surface area (Å²) < 4.78 is 16.9. The number of hydrogen-bond donors (Lipinski definition) is 2. The summed E-state index contributed by atoms with van der Waals surface area (Å²) >= 11 is 8.85. The number of benzene rings is 1. The van der Waals surface area contributed by atoms with Gasteiger partial charge in [0.2, 0.25) is 0 Å². The van der Waals surface area contributed by atoms with E-state index in [1.54, 1.807) is 27.2 Å². The molecule has 0 saturated heterocycles. The number of halogens is 1. The second-order valence-corrected chi connectivity index (χ2v) is 6.89. The lowest BCUT2D eigenvalue weighted by molar-refractivity contribution is -0.139. The molecule has 6 nitrogen and oxygen atoms in total. The summed E-state index contributed by atoms with van der Waals surface area (Å²) in [6.07, 6.45) is 1.55. The molecule has 0 fully saturated rings. The molecule has 0 spiro atoms. The Labute approximate surface area is 167 Å². The molecule has 1 atom stereocenters. The van der Waals surface area contributed by atoms with Crippen LogP contribution in [0.1, 0.15) is 38.3 Å². The maximum Gasteiger partial charge on any atom is 0.338 e. The van der Waals surface area contributed by atoms with Crippen LogP contribution in [0.5, 0.6) is 11.5 Å². The molecule has 1 aromatic carbocycles. The molecule has 1 heterocycles. The Morgan fingerprint density at radius 2 is 1.92 bits per heavy atom. The molecule has 1 aliphatic rings. The number of ether oxygens (including phenoxy) is 3. The van der Waals surface area contributed by atoms with Crippen LogP contribution in [0, 0.1) is 0 Å². The van der Waals surface area contributed by atoms with Gasteiger partial charge in [0.1, 0.15) is 11.5 Å². The van der Waals surface area contributed by atoms with Crippen LogP contribution in [0.15, 0.2) is 27.9 Å². The molecule has 1 aliphatic heterocycles. The van der Waals surface area contributed by atoms with Crippen LogP contribution in [-0.2, 0) is 9.53 Å². The van der Waals surface area contributed by atoms with Crippen LogP contribution in [0.2, 0.25) is 0 Å². The average molecular weight is 443 g/mol.